The molecule has 0 aliphatic carbocycles. The van der Waals surface area contributed by atoms with Crippen LogP contribution in [0.2, 0.25) is 0 Å². The van der Waals surface area contributed by atoms with Crippen LogP contribution in [0.4, 0.5) is 10.1 Å². The Morgan fingerprint density at radius 1 is 1.18 bits per heavy atom. The first kappa shape index (κ1) is 13.9. The van der Waals surface area contributed by atoms with E-state index in [1.54, 1.807) is 24.5 Å². The first-order chi connectivity index (χ1) is 10.6. The third-order valence-electron chi connectivity index (χ3n) is 3.22. The van der Waals surface area contributed by atoms with Gasteiger partial charge in [0.25, 0.3) is 0 Å². The average molecular weight is 297 g/mol. The lowest BCUT2D eigenvalue weighted by Gasteiger charge is -2.11. The van der Waals surface area contributed by atoms with Crippen LogP contribution >= 0.6 is 0 Å². The third-order valence-corrected chi connectivity index (χ3v) is 3.22. The lowest BCUT2D eigenvalue weighted by Crippen LogP contribution is -2.20. The van der Waals surface area contributed by atoms with E-state index in [0.29, 0.717) is 5.69 Å². The van der Waals surface area contributed by atoms with E-state index in [0.717, 1.165) is 0 Å². The highest BCUT2D eigenvalue weighted by Crippen LogP contribution is 2.14. The normalized spacial score (nSPS) is 10.6. The number of carbonyl (C=O) groups is 1. The number of halogens is 1. The lowest BCUT2D eigenvalue weighted by molar-refractivity contribution is -0.116. The van der Waals surface area contributed by atoms with Gasteiger partial charge in [-0.25, -0.2) is 4.39 Å². The number of aromatic nitrogens is 2. The summed E-state index contributed by atoms with van der Waals surface area (Å²) in [6.07, 6.45) is 4.54. The van der Waals surface area contributed by atoms with Gasteiger partial charge in [-0.3, -0.25) is 14.6 Å². The first-order valence-corrected chi connectivity index (χ1v) is 6.63. The Morgan fingerprint density at radius 2 is 1.95 bits per heavy atom. The number of nitrogens with zero attached hydrogens (tertiary/aromatic N) is 2. The molecule has 0 fully saturated rings. The summed E-state index contributed by atoms with van der Waals surface area (Å²) in [5.41, 5.74) is 0.450. The van der Waals surface area contributed by atoms with Crippen molar-refractivity contribution in [2.75, 3.05) is 5.32 Å². The highest BCUT2D eigenvalue weighted by atomic mass is 19.1. The molecule has 3 aromatic rings. The predicted octanol–water partition coefficient (Wildman–Crippen LogP) is 2.17. The number of para-hydroxylation sites is 1. The van der Waals surface area contributed by atoms with Crippen LogP contribution in [0.15, 0.2) is 59.8 Å². The van der Waals surface area contributed by atoms with Crippen molar-refractivity contribution in [1.29, 1.82) is 0 Å². The number of carbonyl (C=O) groups excluding carboxylic acids is 1. The molecule has 0 spiro atoms. The average Bonchev–Trinajstić information content (AvgIpc) is 2.51. The molecule has 6 heteroatoms. The molecule has 2 heterocycles. The van der Waals surface area contributed by atoms with E-state index in [-0.39, 0.29) is 28.8 Å². The van der Waals surface area contributed by atoms with Crippen molar-refractivity contribution in [1.82, 2.24) is 9.55 Å². The quantitative estimate of drug-likeness (QED) is 0.806. The summed E-state index contributed by atoms with van der Waals surface area (Å²) in [4.78, 5) is 27.7. The van der Waals surface area contributed by atoms with Crippen molar-refractivity contribution in [2.24, 2.45) is 0 Å². The van der Waals surface area contributed by atoms with Gasteiger partial charge in [0.2, 0.25) is 5.91 Å². The van der Waals surface area contributed by atoms with Crippen LogP contribution in [0, 0.1) is 5.82 Å². The molecule has 0 aliphatic rings. The zero-order chi connectivity index (χ0) is 15.5. The molecule has 5 nitrogen and oxygen atoms in total. The Labute approximate surface area is 125 Å². The van der Waals surface area contributed by atoms with Gasteiger partial charge in [0.15, 0.2) is 5.43 Å². The maximum absolute atomic E-state index is 14.0. The van der Waals surface area contributed by atoms with Crippen LogP contribution in [-0.2, 0) is 11.3 Å². The van der Waals surface area contributed by atoms with Crippen molar-refractivity contribution in [3.05, 3.63) is 71.0 Å². The number of pyridine rings is 2. The van der Waals surface area contributed by atoms with Gasteiger partial charge in [-0.1, -0.05) is 6.07 Å². The van der Waals surface area contributed by atoms with Crippen LogP contribution in [0.25, 0.3) is 10.9 Å². The van der Waals surface area contributed by atoms with Gasteiger partial charge >= 0.3 is 0 Å². The molecule has 0 unspecified atom stereocenters. The zero-order valence-electron chi connectivity index (χ0n) is 11.5. The minimum Gasteiger partial charge on any atom is -0.335 e. The number of rotatable bonds is 3. The molecule has 0 aliphatic heterocycles. The Bertz CT molecular complexity index is 891. The Kier molecular flexibility index (Phi) is 3.65. The topological polar surface area (TPSA) is 64.0 Å². The minimum atomic E-state index is -0.535. The monoisotopic (exact) mass is 297 g/mol. The van der Waals surface area contributed by atoms with E-state index >= 15 is 0 Å². The number of amides is 1. The van der Waals surface area contributed by atoms with Crippen LogP contribution in [0.1, 0.15) is 0 Å². The summed E-state index contributed by atoms with van der Waals surface area (Å²) in [5, 5.41) is 2.94. The minimum absolute atomic E-state index is 0.0972. The van der Waals surface area contributed by atoms with Gasteiger partial charge in [-0.2, -0.15) is 0 Å². The SMILES string of the molecule is O=C(Cn1ccc(=O)c2cccc(F)c21)Nc1ccncc1. The third kappa shape index (κ3) is 2.71. The fourth-order valence-electron chi connectivity index (χ4n) is 2.25. The van der Waals surface area contributed by atoms with E-state index in [4.69, 9.17) is 0 Å². The number of anilines is 1. The molecule has 1 aromatic carbocycles. The highest BCUT2D eigenvalue weighted by Gasteiger charge is 2.10. The van der Waals surface area contributed by atoms with Gasteiger partial charge in [0, 0.05) is 35.7 Å². The highest BCUT2D eigenvalue weighted by molar-refractivity contribution is 5.91. The molecule has 1 N–H and O–H groups in total. The molecule has 0 bridgehead atoms. The van der Waals surface area contributed by atoms with Gasteiger partial charge in [0.05, 0.1) is 5.52 Å². The summed E-state index contributed by atoms with van der Waals surface area (Å²) in [5.74, 6) is -0.855. The van der Waals surface area contributed by atoms with Crippen molar-refractivity contribution >= 4 is 22.5 Å². The molecule has 3 rings (SSSR count). The summed E-state index contributed by atoms with van der Waals surface area (Å²) < 4.78 is 15.4. The van der Waals surface area contributed by atoms with E-state index < -0.39 is 5.82 Å². The molecular weight excluding hydrogens is 285 g/mol. The maximum Gasteiger partial charge on any atom is 0.244 e. The van der Waals surface area contributed by atoms with E-state index in [1.807, 2.05) is 0 Å². The molecule has 110 valence electrons. The summed E-state index contributed by atoms with van der Waals surface area (Å²) >= 11 is 0. The Hall–Kier alpha value is -3.02. The molecule has 0 saturated carbocycles. The second-order valence-corrected chi connectivity index (χ2v) is 4.73. The molecule has 0 atom stereocenters. The molecule has 2 aromatic heterocycles. The fraction of sp³-hybridized carbons (Fsp3) is 0.0625. The smallest absolute Gasteiger partial charge is 0.244 e. The number of hydrogen-bond donors (Lipinski definition) is 1. The largest absolute Gasteiger partial charge is 0.335 e. The molecule has 0 radical (unpaired) electrons. The number of fused-ring (bicyclic) bond motifs is 1. The van der Waals surface area contributed by atoms with E-state index in [1.165, 1.54) is 35.0 Å². The molecule has 22 heavy (non-hydrogen) atoms. The Balaban J connectivity index is 1.93. The number of nitrogens with one attached hydrogen (secondary N) is 1. The standard InChI is InChI=1S/C16H12FN3O2/c17-13-3-1-2-12-14(21)6-9-20(16(12)13)10-15(22)19-11-4-7-18-8-5-11/h1-9H,10H2,(H,18,19,22). The van der Waals surface area contributed by atoms with Crippen LogP contribution in [-0.4, -0.2) is 15.5 Å². The van der Waals surface area contributed by atoms with Crippen LogP contribution in [0.5, 0.6) is 0 Å². The van der Waals surface area contributed by atoms with Gasteiger partial charge in [0.1, 0.15) is 12.4 Å². The van der Waals surface area contributed by atoms with Crippen molar-refractivity contribution < 1.29 is 9.18 Å². The van der Waals surface area contributed by atoms with Gasteiger partial charge in [-0.15, -0.1) is 0 Å². The predicted molar refractivity (Wildman–Crippen MR) is 81.0 cm³/mol. The summed E-state index contributed by atoms with van der Waals surface area (Å²) in [6.45, 7) is -0.0972. The summed E-state index contributed by atoms with van der Waals surface area (Å²) in [6, 6.07) is 8.91. The number of benzene rings is 1. The van der Waals surface area contributed by atoms with E-state index in [9.17, 15) is 14.0 Å². The van der Waals surface area contributed by atoms with Crippen molar-refractivity contribution in [3.63, 3.8) is 0 Å². The summed E-state index contributed by atoms with van der Waals surface area (Å²) in [7, 11) is 0. The van der Waals surface area contributed by atoms with Crippen molar-refractivity contribution in [3.8, 4) is 0 Å². The molecular formula is C16H12FN3O2. The van der Waals surface area contributed by atoms with Crippen LogP contribution in [0.3, 0.4) is 0 Å². The van der Waals surface area contributed by atoms with Gasteiger partial charge in [-0.05, 0) is 24.3 Å². The fourth-order valence-corrected chi connectivity index (χ4v) is 2.25. The first-order valence-electron chi connectivity index (χ1n) is 6.63. The lowest BCUT2D eigenvalue weighted by atomic mass is 10.2. The Morgan fingerprint density at radius 3 is 2.73 bits per heavy atom. The second-order valence-electron chi connectivity index (χ2n) is 4.73. The number of hydrogen-bond acceptors (Lipinski definition) is 3. The van der Waals surface area contributed by atoms with E-state index in [2.05, 4.69) is 10.3 Å². The zero-order valence-corrected chi connectivity index (χ0v) is 11.5. The second kappa shape index (κ2) is 5.77. The van der Waals surface area contributed by atoms with Crippen molar-refractivity contribution in [2.45, 2.75) is 6.54 Å². The van der Waals surface area contributed by atoms with Gasteiger partial charge < -0.3 is 9.88 Å². The molecule has 1 amide bonds. The van der Waals surface area contributed by atoms with Crippen LogP contribution < -0.4 is 10.7 Å². The molecule has 0 saturated heterocycles. The maximum atomic E-state index is 14.0.